The summed E-state index contributed by atoms with van der Waals surface area (Å²) in [4.78, 5) is 0. The number of halogens is 3. The highest BCUT2D eigenvalue weighted by molar-refractivity contribution is 5.69. The second kappa shape index (κ2) is 5.90. The Kier molecular flexibility index (Phi) is 4.37. The molecule has 2 aromatic carbocycles. The van der Waals surface area contributed by atoms with E-state index in [-0.39, 0.29) is 6.54 Å². The molecule has 0 atom stereocenters. The molecule has 0 unspecified atom stereocenters. The second-order valence-electron chi connectivity index (χ2n) is 5.35. The molecule has 112 valence electrons. The first-order chi connectivity index (χ1) is 9.82. The van der Waals surface area contributed by atoms with Gasteiger partial charge >= 0.3 is 6.18 Å². The monoisotopic (exact) mass is 293 g/mol. The normalized spacial score (nSPS) is 12.0. The molecule has 21 heavy (non-hydrogen) atoms. The Morgan fingerprint density at radius 2 is 1.76 bits per heavy atom. The van der Waals surface area contributed by atoms with E-state index < -0.39 is 11.7 Å². The van der Waals surface area contributed by atoms with E-state index in [1.807, 2.05) is 24.3 Å². The van der Waals surface area contributed by atoms with Crippen molar-refractivity contribution >= 4 is 0 Å². The van der Waals surface area contributed by atoms with E-state index in [1.165, 1.54) is 12.1 Å². The Balaban J connectivity index is 2.58. The van der Waals surface area contributed by atoms with Gasteiger partial charge in [0, 0.05) is 6.54 Å². The van der Waals surface area contributed by atoms with Crippen LogP contribution in [0.15, 0.2) is 42.5 Å². The van der Waals surface area contributed by atoms with Gasteiger partial charge in [-0.2, -0.15) is 13.2 Å². The average molecular weight is 293 g/mol. The standard InChI is InChI=1S/C17H18F3N/c1-11(2)12-4-3-5-13(8-12)16-9-15(17(18,19)20)7-6-14(16)10-21/h3-9,11H,10,21H2,1-2H3. The molecular weight excluding hydrogens is 275 g/mol. The molecule has 0 radical (unpaired) electrons. The van der Waals surface area contributed by atoms with E-state index in [2.05, 4.69) is 13.8 Å². The molecule has 0 amide bonds. The molecule has 0 spiro atoms. The second-order valence-corrected chi connectivity index (χ2v) is 5.35. The molecule has 0 fully saturated rings. The Labute approximate surface area is 122 Å². The van der Waals surface area contributed by atoms with Crippen molar-refractivity contribution in [2.75, 3.05) is 0 Å². The minimum Gasteiger partial charge on any atom is -0.326 e. The fourth-order valence-corrected chi connectivity index (χ4v) is 2.26. The first-order valence-corrected chi connectivity index (χ1v) is 6.83. The Hall–Kier alpha value is -1.81. The van der Waals surface area contributed by atoms with Gasteiger partial charge in [0.1, 0.15) is 0 Å². The molecule has 2 aromatic rings. The van der Waals surface area contributed by atoms with Crippen LogP contribution in [0.1, 0.15) is 36.5 Å². The van der Waals surface area contributed by atoms with Gasteiger partial charge < -0.3 is 5.73 Å². The van der Waals surface area contributed by atoms with Gasteiger partial charge in [-0.15, -0.1) is 0 Å². The van der Waals surface area contributed by atoms with Crippen LogP contribution < -0.4 is 5.73 Å². The van der Waals surface area contributed by atoms with Crippen LogP contribution in [0.5, 0.6) is 0 Å². The number of benzene rings is 2. The molecule has 0 aliphatic carbocycles. The predicted octanol–water partition coefficient (Wildman–Crippen LogP) is 4.95. The summed E-state index contributed by atoms with van der Waals surface area (Å²) < 4.78 is 38.7. The van der Waals surface area contributed by atoms with Crippen molar-refractivity contribution < 1.29 is 13.2 Å². The van der Waals surface area contributed by atoms with Crippen LogP contribution in [0.4, 0.5) is 13.2 Å². The van der Waals surface area contributed by atoms with Crippen molar-refractivity contribution in [1.29, 1.82) is 0 Å². The van der Waals surface area contributed by atoms with Gasteiger partial charge in [0.2, 0.25) is 0 Å². The summed E-state index contributed by atoms with van der Waals surface area (Å²) in [5.74, 6) is 0.317. The topological polar surface area (TPSA) is 26.0 Å². The maximum Gasteiger partial charge on any atom is 0.416 e. The van der Waals surface area contributed by atoms with Crippen LogP contribution in [0, 0.1) is 0 Å². The molecule has 0 saturated heterocycles. The molecule has 0 bridgehead atoms. The molecule has 0 aromatic heterocycles. The summed E-state index contributed by atoms with van der Waals surface area (Å²) >= 11 is 0. The highest BCUT2D eigenvalue weighted by Crippen LogP contribution is 2.34. The lowest BCUT2D eigenvalue weighted by atomic mass is 9.93. The van der Waals surface area contributed by atoms with Crippen molar-refractivity contribution in [3.8, 4) is 11.1 Å². The number of alkyl halides is 3. The molecule has 0 aliphatic heterocycles. The Morgan fingerprint density at radius 3 is 2.33 bits per heavy atom. The zero-order valence-electron chi connectivity index (χ0n) is 12.0. The fraction of sp³-hybridized carbons (Fsp3) is 0.294. The van der Waals surface area contributed by atoms with Crippen LogP contribution >= 0.6 is 0 Å². The van der Waals surface area contributed by atoms with Crippen LogP contribution in [0.2, 0.25) is 0 Å². The maximum absolute atomic E-state index is 12.9. The maximum atomic E-state index is 12.9. The predicted molar refractivity (Wildman–Crippen MR) is 78.9 cm³/mol. The molecule has 2 N–H and O–H groups in total. The van der Waals surface area contributed by atoms with Crippen molar-refractivity contribution in [1.82, 2.24) is 0 Å². The molecular formula is C17H18F3N. The first kappa shape index (κ1) is 15.6. The van der Waals surface area contributed by atoms with Gasteiger partial charge in [0.15, 0.2) is 0 Å². The van der Waals surface area contributed by atoms with Gasteiger partial charge in [-0.1, -0.05) is 44.2 Å². The highest BCUT2D eigenvalue weighted by Gasteiger charge is 2.31. The van der Waals surface area contributed by atoms with Crippen molar-refractivity contribution in [2.45, 2.75) is 32.5 Å². The summed E-state index contributed by atoms with van der Waals surface area (Å²) in [6.07, 6.45) is -4.35. The lowest BCUT2D eigenvalue weighted by molar-refractivity contribution is -0.137. The quantitative estimate of drug-likeness (QED) is 0.851. The smallest absolute Gasteiger partial charge is 0.326 e. The largest absolute Gasteiger partial charge is 0.416 e. The van der Waals surface area contributed by atoms with Gasteiger partial charge in [-0.25, -0.2) is 0 Å². The molecule has 0 saturated carbocycles. The van der Waals surface area contributed by atoms with E-state index in [1.54, 1.807) is 0 Å². The Bertz CT molecular complexity index is 630. The van der Waals surface area contributed by atoms with Crippen LogP contribution in [0.3, 0.4) is 0 Å². The summed E-state index contributed by atoms with van der Waals surface area (Å²) in [5.41, 5.74) is 8.14. The van der Waals surface area contributed by atoms with E-state index in [9.17, 15) is 13.2 Å². The average Bonchev–Trinajstić information content (AvgIpc) is 2.45. The summed E-state index contributed by atoms with van der Waals surface area (Å²) in [5, 5.41) is 0. The SMILES string of the molecule is CC(C)c1cccc(-c2cc(C(F)(F)F)ccc2CN)c1. The van der Waals surface area contributed by atoms with E-state index >= 15 is 0 Å². The van der Waals surface area contributed by atoms with Crippen LogP contribution in [-0.4, -0.2) is 0 Å². The summed E-state index contributed by atoms with van der Waals surface area (Å²) in [6, 6.07) is 11.3. The van der Waals surface area contributed by atoms with Gasteiger partial charge in [-0.05, 0) is 40.3 Å². The van der Waals surface area contributed by atoms with Crippen LogP contribution in [0.25, 0.3) is 11.1 Å². The molecule has 0 heterocycles. The fourth-order valence-electron chi connectivity index (χ4n) is 2.26. The number of rotatable bonds is 3. The lowest BCUT2D eigenvalue weighted by Crippen LogP contribution is -2.07. The third-order valence-electron chi connectivity index (χ3n) is 3.52. The molecule has 1 nitrogen and oxygen atoms in total. The first-order valence-electron chi connectivity index (χ1n) is 6.83. The number of hydrogen-bond donors (Lipinski definition) is 1. The van der Waals surface area contributed by atoms with E-state index in [4.69, 9.17) is 5.73 Å². The summed E-state index contributed by atoms with van der Waals surface area (Å²) in [6.45, 7) is 4.31. The lowest BCUT2D eigenvalue weighted by Gasteiger charge is -2.14. The number of hydrogen-bond acceptors (Lipinski definition) is 1. The van der Waals surface area contributed by atoms with Crippen molar-refractivity contribution in [3.63, 3.8) is 0 Å². The van der Waals surface area contributed by atoms with Gasteiger partial charge in [0.05, 0.1) is 5.56 Å². The summed E-state index contributed by atoms with van der Waals surface area (Å²) in [7, 11) is 0. The number of nitrogens with two attached hydrogens (primary N) is 1. The zero-order valence-corrected chi connectivity index (χ0v) is 12.0. The zero-order chi connectivity index (χ0) is 15.6. The van der Waals surface area contributed by atoms with Crippen molar-refractivity contribution in [3.05, 3.63) is 59.2 Å². The highest BCUT2D eigenvalue weighted by atomic mass is 19.4. The minimum absolute atomic E-state index is 0.208. The van der Waals surface area contributed by atoms with E-state index in [0.717, 1.165) is 17.2 Å². The minimum atomic E-state index is -4.35. The van der Waals surface area contributed by atoms with Gasteiger partial charge in [0.25, 0.3) is 0 Å². The molecule has 0 aliphatic rings. The molecule has 2 rings (SSSR count). The van der Waals surface area contributed by atoms with Crippen molar-refractivity contribution in [2.24, 2.45) is 5.73 Å². The third-order valence-corrected chi connectivity index (χ3v) is 3.52. The van der Waals surface area contributed by atoms with Crippen LogP contribution in [-0.2, 0) is 12.7 Å². The Morgan fingerprint density at radius 1 is 1.05 bits per heavy atom. The van der Waals surface area contributed by atoms with E-state index in [0.29, 0.717) is 17.0 Å². The van der Waals surface area contributed by atoms with Gasteiger partial charge in [-0.3, -0.25) is 0 Å². The molecule has 4 heteroatoms. The third kappa shape index (κ3) is 3.45.